The van der Waals surface area contributed by atoms with Crippen LogP contribution >= 0.6 is 0 Å². The molecule has 3 heteroatoms. The van der Waals surface area contributed by atoms with Gasteiger partial charge in [-0.15, -0.1) is 0 Å². The molecule has 1 rings (SSSR count). The Labute approximate surface area is 65.4 Å². The molecule has 0 amide bonds. The maximum absolute atomic E-state index is 10.9. The molecule has 11 heavy (non-hydrogen) atoms. The Morgan fingerprint density at radius 2 is 2.18 bits per heavy atom. The summed E-state index contributed by atoms with van der Waals surface area (Å²) in [6.07, 6.45) is 1.45. The molecule has 0 aliphatic heterocycles. The van der Waals surface area contributed by atoms with Crippen LogP contribution in [0.1, 0.15) is 26.2 Å². The van der Waals surface area contributed by atoms with Crippen LogP contribution in [0.25, 0.3) is 0 Å². The van der Waals surface area contributed by atoms with E-state index in [-0.39, 0.29) is 18.1 Å². The van der Waals surface area contributed by atoms with Crippen molar-refractivity contribution in [3.05, 3.63) is 0 Å². The SMILES string of the molecule is CC1CC(=O)CC(C(=O)O)C1. The summed E-state index contributed by atoms with van der Waals surface area (Å²) in [6, 6.07) is 0. The van der Waals surface area contributed by atoms with Gasteiger partial charge in [0.15, 0.2) is 0 Å². The summed E-state index contributed by atoms with van der Waals surface area (Å²) in [6.45, 7) is 1.92. The third-order valence-corrected chi connectivity index (χ3v) is 2.09. The number of Topliss-reactive ketones (excluding diaryl/α,β-unsaturated/α-hetero) is 1. The lowest BCUT2D eigenvalue weighted by Gasteiger charge is -2.22. The van der Waals surface area contributed by atoms with Gasteiger partial charge in [-0.3, -0.25) is 9.59 Å². The summed E-state index contributed by atoms with van der Waals surface area (Å²) in [7, 11) is 0. The quantitative estimate of drug-likeness (QED) is 0.618. The van der Waals surface area contributed by atoms with E-state index < -0.39 is 11.9 Å². The van der Waals surface area contributed by atoms with E-state index in [0.717, 1.165) is 0 Å². The molecule has 3 nitrogen and oxygen atoms in total. The zero-order chi connectivity index (χ0) is 8.43. The number of carboxylic acids is 1. The monoisotopic (exact) mass is 156 g/mol. The van der Waals surface area contributed by atoms with Crippen molar-refractivity contribution in [3.8, 4) is 0 Å². The molecule has 1 fully saturated rings. The van der Waals surface area contributed by atoms with E-state index in [1.165, 1.54) is 0 Å². The molecule has 1 saturated carbocycles. The van der Waals surface area contributed by atoms with Crippen LogP contribution in [0.5, 0.6) is 0 Å². The van der Waals surface area contributed by atoms with E-state index in [4.69, 9.17) is 5.11 Å². The van der Waals surface area contributed by atoms with Crippen molar-refractivity contribution in [3.63, 3.8) is 0 Å². The van der Waals surface area contributed by atoms with Crippen LogP contribution in [0.3, 0.4) is 0 Å². The second-order valence-electron chi connectivity index (χ2n) is 3.32. The second-order valence-corrected chi connectivity index (χ2v) is 3.32. The van der Waals surface area contributed by atoms with Crippen molar-refractivity contribution in [2.45, 2.75) is 26.2 Å². The molecule has 0 saturated heterocycles. The van der Waals surface area contributed by atoms with Crippen LogP contribution in [-0.4, -0.2) is 16.9 Å². The molecule has 1 N–H and O–H groups in total. The average molecular weight is 156 g/mol. The van der Waals surface area contributed by atoms with E-state index >= 15 is 0 Å². The second kappa shape index (κ2) is 3.03. The molecule has 2 atom stereocenters. The fraction of sp³-hybridized carbons (Fsp3) is 0.750. The normalized spacial score (nSPS) is 31.9. The standard InChI is InChI=1S/C8H12O3/c1-5-2-6(8(10)11)4-7(9)3-5/h5-6H,2-4H2,1H3,(H,10,11). The molecule has 2 unspecified atom stereocenters. The van der Waals surface area contributed by atoms with Crippen LogP contribution in [0, 0.1) is 11.8 Å². The highest BCUT2D eigenvalue weighted by Gasteiger charge is 2.29. The number of carbonyl (C=O) groups excluding carboxylic acids is 1. The molecular weight excluding hydrogens is 144 g/mol. The van der Waals surface area contributed by atoms with E-state index in [2.05, 4.69) is 0 Å². The topological polar surface area (TPSA) is 54.4 Å². The highest BCUT2D eigenvalue weighted by molar-refractivity contribution is 5.85. The van der Waals surface area contributed by atoms with Crippen molar-refractivity contribution < 1.29 is 14.7 Å². The lowest BCUT2D eigenvalue weighted by molar-refractivity contribution is -0.146. The first kappa shape index (κ1) is 8.24. The maximum atomic E-state index is 10.9. The van der Waals surface area contributed by atoms with Gasteiger partial charge < -0.3 is 5.11 Å². The maximum Gasteiger partial charge on any atom is 0.306 e. The van der Waals surface area contributed by atoms with Crippen molar-refractivity contribution in [1.82, 2.24) is 0 Å². The molecule has 0 aromatic heterocycles. The lowest BCUT2D eigenvalue weighted by atomic mass is 9.82. The van der Waals surface area contributed by atoms with Gasteiger partial charge in [0.25, 0.3) is 0 Å². The molecule has 1 aliphatic carbocycles. The highest BCUT2D eigenvalue weighted by atomic mass is 16.4. The molecule has 0 radical (unpaired) electrons. The van der Waals surface area contributed by atoms with Gasteiger partial charge in [-0.05, 0) is 12.3 Å². The molecule has 0 heterocycles. The zero-order valence-corrected chi connectivity index (χ0v) is 6.54. The molecule has 0 aromatic carbocycles. The zero-order valence-electron chi connectivity index (χ0n) is 6.54. The van der Waals surface area contributed by atoms with Crippen molar-refractivity contribution >= 4 is 11.8 Å². The van der Waals surface area contributed by atoms with Crippen molar-refractivity contribution in [1.29, 1.82) is 0 Å². The minimum Gasteiger partial charge on any atom is -0.481 e. The van der Waals surface area contributed by atoms with Gasteiger partial charge in [-0.2, -0.15) is 0 Å². The van der Waals surface area contributed by atoms with E-state index in [1.54, 1.807) is 0 Å². The van der Waals surface area contributed by atoms with Crippen molar-refractivity contribution in [2.75, 3.05) is 0 Å². The summed E-state index contributed by atoms with van der Waals surface area (Å²) >= 11 is 0. The van der Waals surface area contributed by atoms with Crippen LogP contribution < -0.4 is 0 Å². The fourth-order valence-corrected chi connectivity index (χ4v) is 1.59. The average Bonchev–Trinajstić information content (AvgIpc) is 1.85. The molecule has 0 spiro atoms. The van der Waals surface area contributed by atoms with Crippen LogP contribution in [0.2, 0.25) is 0 Å². The summed E-state index contributed by atoms with van der Waals surface area (Å²) in [5, 5.41) is 8.62. The Morgan fingerprint density at radius 3 is 2.64 bits per heavy atom. The number of ketones is 1. The molecule has 0 aromatic rings. The smallest absolute Gasteiger partial charge is 0.306 e. The Kier molecular flexibility index (Phi) is 2.27. The molecular formula is C8H12O3. The first-order valence-corrected chi connectivity index (χ1v) is 3.84. The summed E-state index contributed by atoms with van der Waals surface area (Å²) in [5.41, 5.74) is 0. The molecule has 0 bridgehead atoms. The predicted octanol–water partition coefficient (Wildman–Crippen LogP) is 1.08. The number of aliphatic carboxylic acids is 1. The first-order valence-electron chi connectivity index (χ1n) is 3.84. The van der Waals surface area contributed by atoms with Gasteiger partial charge in [-0.25, -0.2) is 0 Å². The summed E-state index contributed by atoms with van der Waals surface area (Å²) in [4.78, 5) is 21.4. The van der Waals surface area contributed by atoms with Crippen molar-refractivity contribution in [2.24, 2.45) is 11.8 Å². The number of carbonyl (C=O) groups is 2. The highest BCUT2D eigenvalue weighted by Crippen LogP contribution is 2.26. The number of rotatable bonds is 1. The Morgan fingerprint density at radius 1 is 1.55 bits per heavy atom. The van der Waals surface area contributed by atoms with Gasteiger partial charge in [0.2, 0.25) is 0 Å². The third kappa shape index (κ3) is 2.03. The number of hydrogen-bond donors (Lipinski definition) is 1. The van der Waals surface area contributed by atoms with Gasteiger partial charge in [0, 0.05) is 12.8 Å². The van der Waals surface area contributed by atoms with Gasteiger partial charge in [0.05, 0.1) is 5.92 Å². The number of hydrogen-bond acceptors (Lipinski definition) is 2. The minimum absolute atomic E-state index is 0.0937. The van der Waals surface area contributed by atoms with E-state index in [0.29, 0.717) is 12.8 Å². The minimum atomic E-state index is -0.829. The predicted molar refractivity (Wildman–Crippen MR) is 39.1 cm³/mol. The number of carboxylic acid groups (broad SMARTS) is 1. The van der Waals surface area contributed by atoms with E-state index in [1.807, 2.05) is 6.92 Å². The van der Waals surface area contributed by atoms with Gasteiger partial charge in [0.1, 0.15) is 5.78 Å². The van der Waals surface area contributed by atoms with Gasteiger partial charge in [-0.1, -0.05) is 6.92 Å². The van der Waals surface area contributed by atoms with Crippen LogP contribution in [-0.2, 0) is 9.59 Å². The Bertz CT molecular complexity index is 186. The molecule has 1 aliphatic rings. The van der Waals surface area contributed by atoms with Crippen LogP contribution in [0.4, 0.5) is 0 Å². The third-order valence-electron chi connectivity index (χ3n) is 2.09. The summed E-state index contributed by atoms with van der Waals surface area (Å²) < 4.78 is 0. The molecule has 62 valence electrons. The Balaban J connectivity index is 2.56. The fourth-order valence-electron chi connectivity index (χ4n) is 1.59. The van der Waals surface area contributed by atoms with E-state index in [9.17, 15) is 9.59 Å². The summed E-state index contributed by atoms with van der Waals surface area (Å²) in [5.74, 6) is -0.912. The largest absolute Gasteiger partial charge is 0.481 e. The van der Waals surface area contributed by atoms with Crippen LogP contribution in [0.15, 0.2) is 0 Å². The first-order chi connectivity index (χ1) is 5.09. The Hall–Kier alpha value is -0.860. The van der Waals surface area contributed by atoms with Gasteiger partial charge >= 0.3 is 5.97 Å². The lowest BCUT2D eigenvalue weighted by Crippen LogP contribution is -2.26.